The van der Waals surface area contributed by atoms with E-state index >= 15 is 0 Å². The van der Waals surface area contributed by atoms with Crippen LogP contribution in [0.15, 0.2) is 0 Å². The van der Waals surface area contributed by atoms with Crippen LogP contribution < -0.4 is 9.44 Å². The standard InChI is InChI=1S/C2H2N2O3S/c5-2-1-3-8(6,7)4-2/h3H,(H,4,5). The molecule has 5 nitrogen and oxygen atoms in total. The summed E-state index contributed by atoms with van der Waals surface area (Å²) in [5, 5.41) is 0. The molecule has 1 aliphatic heterocycles. The Balaban J connectivity index is 2.86. The maximum atomic E-state index is 10.1. The lowest BCUT2D eigenvalue weighted by atomic mass is 10.7. The van der Waals surface area contributed by atoms with Crippen LogP contribution in [0.4, 0.5) is 0 Å². The van der Waals surface area contributed by atoms with Gasteiger partial charge in [-0.15, -0.1) is 0 Å². The maximum Gasteiger partial charge on any atom is 0.302 e. The normalized spacial score (nSPS) is 25.2. The summed E-state index contributed by atoms with van der Waals surface area (Å²) < 4.78 is 23.6. The smallest absolute Gasteiger partial charge is 0.272 e. The average Bonchev–Trinajstić information content (AvgIpc) is 1.82. The summed E-state index contributed by atoms with van der Waals surface area (Å²) in [4.78, 5) is 9.99. The van der Waals surface area contributed by atoms with Gasteiger partial charge in [0.05, 0.1) is 0 Å². The van der Waals surface area contributed by atoms with Crippen LogP contribution in [0.3, 0.4) is 0 Å². The second kappa shape index (κ2) is 1.43. The van der Waals surface area contributed by atoms with E-state index in [9.17, 15) is 13.2 Å². The van der Waals surface area contributed by atoms with Crippen LogP contribution in [0, 0.1) is 6.54 Å². The fourth-order valence-electron chi connectivity index (χ4n) is 0.287. The number of amides is 1. The van der Waals surface area contributed by atoms with Gasteiger partial charge in [-0.25, -0.2) is 4.72 Å². The van der Waals surface area contributed by atoms with Crippen molar-refractivity contribution in [2.45, 2.75) is 0 Å². The molecular weight excluding hydrogens is 132 g/mol. The highest BCUT2D eigenvalue weighted by Gasteiger charge is 2.23. The Hall–Kier alpha value is -0.620. The van der Waals surface area contributed by atoms with Gasteiger partial charge in [-0.05, 0) is 0 Å². The van der Waals surface area contributed by atoms with Gasteiger partial charge in [0.2, 0.25) is 0 Å². The van der Waals surface area contributed by atoms with Crippen molar-refractivity contribution in [2.75, 3.05) is 0 Å². The van der Waals surface area contributed by atoms with Gasteiger partial charge in [0, 0.05) is 0 Å². The van der Waals surface area contributed by atoms with Crippen molar-refractivity contribution in [3.63, 3.8) is 0 Å². The first-order valence-corrected chi connectivity index (χ1v) is 3.18. The molecule has 1 saturated heterocycles. The Morgan fingerprint density at radius 3 is 2.25 bits per heavy atom. The first kappa shape index (κ1) is 5.52. The van der Waals surface area contributed by atoms with Crippen LogP contribution in [-0.2, 0) is 15.0 Å². The Morgan fingerprint density at radius 2 is 2.12 bits per heavy atom. The largest absolute Gasteiger partial charge is 0.302 e. The van der Waals surface area contributed by atoms with E-state index in [2.05, 4.69) is 0 Å². The molecule has 2 N–H and O–H groups in total. The molecule has 8 heavy (non-hydrogen) atoms. The number of carbonyl (C=O) groups is 1. The third-order valence-electron chi connectivity index (χ3n) is 0.526. The van der Waals surface area contributed by atoms with Crippen LogP contribution >= 0.6 is 0 Å². The van der Waals surface area contributed by atoms with E-state index < -0.39 is 16.1 Å². The molecule has 44 valence electrons. The summed E-state index contributed by atoms with van der Waals surface area (Å²) in [7, 11) is -3.56. The van der Waals surface area contributed by atoms with Crippen molar-refractivity contribution in [1.82, 2.24) is 9.44 Å². The fourth-order valence-corrected chi connectivity index (χ4v) is 0.860. The molecule has 1 fully saturated rings. The highest BCUT2D eigenvalue weighted by atomic mass is 32.2. The van der Waals surface area contributed by atoms with Gasteiger partial charge in [0.15, 0.2) is 6.54 Å². The van der Waals surface area contributed by atoms with Crippen molar-refractivity contribution < 1.29 is 13.2 Å². The first-order chi connectivity index (χ1) is 3.60. The number of hydrogen-bond donors (Lipinski definition) is 2. The molecule has 1 heterocycles. The minimum absolute atomic E-state index is 0.759. The number of carbonyl (C=O) groups excluding carboxylic acids is 1. The third kappa shape index (κ3) is 0.958. The van der Waals surface area contributed by atoms with E-state index in [-0.39, 0.29) is 0 Å². The van der Waals surface area contributed by atoms with E-state index in [4.69, 9.17) is 0 Å². The van der Waals surface area contributed by atoms with Gasteiger partial charge in [-0.1, -0.05) is 0 Å². The van der Waals surface area contributed by atoms with Crippen molar-refractivity contribution >= 4 is 16.1 Å². The molecule has 0 spiro atoms. The highest BCUT2D eigenvalue weighted by Crippen LogP contribution is 1.88. The summed E-state index contributed by atoms with van der Waals surface area (Å²) in [6.45, 7) is 1.82. The molecule has 6 heteroatoms. The minimum Gasteiger partial charge on any atom is -0.272 e. The molecule has 2 radical (unpaired) electrons. The molecule has 0 aromatic carbocycles. The molecule has 0 aromatic rings. The van der Waals surface area contributed by atoms with Crippen LogP contribution in [0.25, 0.3) is 0 Å². The SMILES string of the molecule is O=C1[C]NS(=O)(=O)N1. The van der Waals surface area contributed by atoms with E-state index in [0.29, 0.717) is 0 Å². The molecule has 0 saturated carbocycles. The van der Waals surface area contributed by atoms with E-state index in [0.717, 1.165) is 0 Å². The Kier molecular flexibility index (Phi) is 0.983. The van der Waals surface area contributed by atoms with Crippen LogP contribution in [0.2, 0.25) is 0 Å². The Labute approximate surface area is 46.3 Å². The molecule has 0 bridgehead atoms. The van der Waals surface area contributed by atoms with Gasteiger partial charge >= 0.3 is 10.2 Å². The lowest BCUT2D eigenvalue weighted by molar-refractivity contribution is -0.115. The summed E-state index contributed by atoms with van der Waals surface area (Å²) >= 11 is 0. The van der Waals surface area contributed by atoms with Gasteiger partial charge < -0.3 is 0 Å². The van der Waals surface area contributed by atoms with Crippen LogP contribution in [0.1, 0.15) is 0 Å². The van der Waals surface area contributed by atoms with Crippen molar-refractivity contribution in [2.24, 2.45) is 0 Å². The molecule has 0 aliphatic carbocycles. The topological polar surface area (TPSA) is 75.3 Å². The number of rotatable bonds is 0. The predicted molar refractivity (Wildman–Crippen MR) is 23.4 cm³/mol. The summed E-state index contributed by atoms with van der Waals surface area (Å²) in [5.41, 5.74) is 0. The zero-order valence-corrected chi connectivity index (χ0v) is 4.45. The fraction of sp³-hybridized carbons (Fsp3) is 0. The quantitative estimate of drug-likeness (QED) is 0.402. The second-order valence-electron chi connectivity index (χ2n) is 1.16. The molecule has 1 amide bonds. The zero-order chi connectivity index (χ0) is 6.20. The lowest BCUT2D eigenvalue weighted by Crippen LogP contribution is -2.24. The summed E-state index contributed by atoms with van der Waals surface area (Å²) in [6, 6.07) is 0. The average molecular weight is 134 g/mol. The third-order valence-corrected chi connectivity index (χ3v) is 1.35. The molecule has 0 atom stereocenters. The van der Waals surface area contributed by atoms with E-state index in [1.165, 1.54) is 0 Å². The molecular formula is C2H2N2O3S. The second-order valence-corrected chi connectivity index (χ2v) is 2.58. The molecule has 1 aliphatic rings. The van der Waals surface area contributed by atoms with Crippen LogP contribution in [0.5, 0.6) is 0 Å². The van der Waals surface area contributed by atoms with Gasteiger partial charge in [-0.3, -0.25) is 4.79 Å². The van der Waals surface area contributed by atoms with E-state index in [1.807, 2.05) is 6.54 Å². The van der Waals surface area contributed by atoms with Crippen LogP contribution in [-0.4, -0.2) is 14.3 Å². The predicted octanol–water partition coefficient (Wildman–Crippen LogP) is -2.01. The van der Waals surface area contributed by atoms with Gasteiger partial charge in [0.1, 0.15) is 0 Å². The number of nitrogens with one attached hydrogen (secondary N) is 2. The van der Waals surface area contributed by atoms with Gasteiger partial charge in [0.25, 0.3) is 5.91 Å². The number of hydrogen-bond acceptors (Lipinski definition) is 3. The first-order valence-electron chi connectivity index (χ1n) is 1.70. The van der Waals surface area contributed by atoms with Crippen molar-refractivity contribution in [3.8, 4) is 0 Å². The Morgan fingerprint density at radius 1 is 1.50 bits per heavy atom. The van der Waals surface area contributed by atoms with Gasteiger partial charge in [-0.2, -0.15) is 13.1 Å². The molecule has 0 unspecified atom stereocenters. The summed E-state index contributed by atoms with van der Waals surface area (Å²) in [5.74, 6) is -0.759. The van der Waals surface area contributed by atoms with Crippen molar-refractivity contribution in [3.05, 3.63) is 6.54 Å². The minimum atomic E-state index is -3.56. The lowest BCUT2D eigenvalue weighted by Gasteiger charge is -1.85. The highest BCUT2D eigenvalue weighted by molar-refractivity contribution is 7.88. The zero-order valence-electron chi connectivity index (χ0n) is 3.63. The maximum absolute atomic E-state index is 10.1. The monoisotopic (exact) mass is 134 g/mol. The molecule has 0 aromatic heterocycles. The van der Waals surface area contributed by atoms with E-state index in [1.54, 1.807) is 9.44 Å². The summed E-state index contributed by atoms with van der Waals surface area (Å²) in [6.07, 6.45) is 0. The molecule has 1 rings (SSSR count). The van der Waals surface area contributed by atoms with Crippen molar-refractivity contribution in [1.29, 1.82) is 0 Å². The Bertz CT molecular complexity index is 205.